The third-order valence-corrected chi connectivity index (χ3v) is 5.42. The second-order valence-electron chi connectivity index (χ2n) is 7.13. The van der Waals surface area contributed by atoms with Crippen LogP contribution in [0.4, 0.5) is 0 Å². The van der Waals surface area contributed by atoms with Crippen LogP contribution in [0.25, 0.3) is 0 Å². The fourth-order valence-corrected chi connectivity index (χ4v) is 3.71. The van der Waals surface area contributed by atoms with Crippen LogP contribution < -0.4 is 0 Å². The van der Waals surface area contributed by atoms with Crippen LogP contribution in [0.15, 0.2) is 0 Å². The molecule has 0 aromatic rings. The van der Waals surface area contributed by atoms with Crippen LogP contribution in [0.2, 0.25) is 0 Å². The molecule has 1 saturated carbocycles. The van der Waals surface area contributed by atoms with Gasteiger partial charge in [0.05, 0.1) is 0 Å². The smallest absolute Gasteiger partial charge is 0.225 e. The van der Waals surface area contributed by atoms with Crippen LogP contribution in [-0.4, -0.2) is 72.7 Å². The molecule has 136 valence electrons. The number of piperazine rings is 1. The lowest BCUT2D eigenvalue weighted by molar-refractivity contribution is -0.142. The van der Waals surface area contributed by atoms with E-state index in [0.29, 0.717) is 26.2 Å². The third kappa shape index (κ3) is 4.71. The summed E-state index contributed by atoms with van der Waals surface area (Å²) in [5.74, 6) is 0.598. The second-order valence-corrected chi connectivity index (χ2v) is 7.13. The van der Waals surface area contributed by atoms with E-state index in [0.717, 1.165) is 51.5 Å². The van der Waals surface area contributed by atoms with Crippen molar-refractivity contribution in [2.24, 2.45) is 11.8 Å². The molecule has 0 aromatic carbocycles. The van der Waals surface area contributed by atoms with Gasteiger partial charge in [-0.15, -0.1) is 0 Å². The number of carbonyl (C=O) groups is 3. The first-order chi connectivity index (χ1) is 11.6. The highest BCUT2D eigenvalue weighted by Crippen LogP contribution is 2.31. The average Bonchev–Trinajstić information content (AvgIpc) is 2.65. The molecule has 0 unspecified atom stereocenters. The van der Waals surface area contributed by atoms with Gasteiger partial charge in [-0.05, 0) is 32.1 Å². The highest BCUT2D eigenvalue weighted by Gasteiger charge is 2.33. The Kier molecular flexibility index (Phi) is 7.06. The van der Waals surface area contributed by atoms with Crippen molar-refractivity contribution in [3.63, 3.8) is 0 Å². The van der Waals surface area contributed by atoms with Crippen molar-refractivity contribution in [2.45, 2.75) is 45.4 Å². The molecule has 1 heterocycles. The topological polar surface area (TPSA) is 60.9 Å². The number of rotatable bonds is 6. The van der Waals surface area contributed by atoms with E-state index >= 15 is 0 Å². The summed E-state index contributed by atoms with van der Waals surface area (Å²) >= 11 is 0. The van der Waals surface area contributed by atoms with Gasteiger partial charge in [-0.2, -0.15) is 0 Å². The SMILES string of the molecule is CCCCN(C)C(=O)C1CCC(C(=O)N2CCN(C=O)CC2)CC1. The lowest BCUT2D eigenvalue weighted by Crippen LogP contribution is -2.50. The Labute approximate surface area is 145 Å². The molecule has 6 heteroatoms. The molecule has 0 bridgehead atoms. The largest absolute Gasteiger partial charge is 0.346 e. The van der Waals surface area contributed by atoms with Crippen LogP contribution in [-0.2, 0) is 14.4 Å². The summed E-state index contributed by atoms with van der Waals surface area (Å²) in [7, 11) is 1.89. The molecular weight excluding hydrogens is 306 g/mol. The number of unbranched alkanes of at least 4 members (excludes halogenated alkanes) is 1. The number of hydrogen-bond acceptors (Lipinski definition) is 3. The molecule has 6 nitrogen and oxygen atoms in total. The Morgan fingerprint density at radius 2 is 1.62 bits per heavy atom. The number of nitrogens with zero attached hydrogens (tertiary/aromatic N) is 3. The van der Waals surface area contributed by atoms with E-state index in [1.54, 1.807) is 4.90 Å². The van der Waals surface area contributed by atoms with Gasteiger partial charge < -0.3 is 14.7 Å². The van der Waals surface area contributed by atoms with Crippen molar-refractivity contribution in [1.82, 2.24) is 14.7 Å². The van der Waals surface area contributed by atoms with Crippen molar-refractivity contribution in [2.75, 3.05) is 39.8 Å². The first-order valence-corrected chi connectivity index (χ1v) is 9.30. The molecule has 1 aliphatic carbocycles. The summed E-state index contributed by atoms with van der Waals surface area (Å²) in [4.78, 5) is 41.3. The van der Waals surface area contributed by atoms with Gasteiger partial charge in [0.25, 0.3) is 0 Å². The highest BCUT2D eigenvalue weighted by molar-refractivity contribution is 5.81. The summed E-state index contributed by atoms with van der Waals surface area (Å²) in [6, 6.07) is 0. The lowest BCUT2D eigenvalue weighted by Gasteiger charge is -2.37. The Balaban J connectivity index is 1.77. The van der Waals surface area contributed by atoms with E-state index in [4.69, 9.17) is 0 Å². The highest BCUT2D eigenvalue weighted by atomic mass is 16.2. The zero-order valence-electron chi connectivity index (χ0n) is 15.1. The van der Waals surface area contributed by atoms with E-state index in [9.17, 15) is 14.4 Å². The minimum Gasteiger partial charge on any atom is -0.346 e. The van der Waals surface area contributed by atoms with Gasteiger partial charge in [-0.3, -0.25) is 14.4 Å². The van der Waals surface area contributed by atoms with Crippen LogP contribution >= 0.6 is 0 Å². The van der Waals surface area contributed by atoms with Crippen molar-refractivity contribution in [3.05, 3.63) is 0 Å². The maximum Gasteiger partial charge on any atom is 0.225 e. The second kappa shape index (κ2) is 9.04. The molecule has 2 fully saturated rings. The lowest BCUT2D eigenvalue weighted by atomic mass is 9.80. The Bertz CT molecular complexity index is 439. The predicted octanol–water partition coefficient (Wildman–Crippen LogP) is 1.35. The molecule has 0 radical (unpaired) electrons. The van der Waals surface area contributed by atoms with E-state index in [2.05, 4.69) is 6.92 Å². The van der Waals surface area contributed by atoms with E-state index in [1.165, 1.54) is 0 Å². The van der Waals surface area contributed by atoms with E-state index in [1.807, 2.05) is 16.8 Å². The first kappa shape index (κ1) is 18.7. The predicted molar refractivity (Wildman–Crippen MR) is 92.2 cm³/mol. The molecule has 24 heavy (non-hydrogen) atoms. The molecule has 0 atom stereocenters. The molecule has 0 aromatic heterocycles. The quantitative estimate of drug-likeness (QED) is 0.688. The Morgan fingerprint density at radius 1 is 1.04 bits per heavy atom. The molecule has 2 rings (SSSR count). The fraction of sp³-hybridized carbons (Fsp3) is 0.833. The van der Waals surface area contributed by atoms with E-state index in [-0.39, 0.29) is 23.7 Å². The van der Waals surface area contributed by atoms with Crippen LogP contribution in [0.5, 0.6) is 0 Å². The molecular formula is C18H31N3O3. The molecule has 0 spiro atoms. The molecule has 2 aliphatic rings. The fourth-order valence-electron chi connectivity index (χ4n) is 3.71. The van der Waals surface area contributed by atoms with Gasteiger partial charge in [0.2, 0.25) is 18.2 Å². The molecule has 0 N–H and O–H groups in total. The minimum atomic E-state index is 0.0535. The monoisotopic (exact) mass is 337 g/mol. The summed E-state index contributed by atoms with van der Waals surface area (Å²) in [5.41, 5.74) is 0. The summed E-state index contributed by atoms with van der Waals surface area (Å²) in [5, 5.41) is 0. The number of amides is 3. The van der Waals surface area contributed by atoms with Gasteiger partial charge in [0, 0.05) is 51.6 Å². The molecule has 3 amide bonds. The average molecular weight is 337 g/mol. The van der Waals surface area contributed by atoms with Crippen molar-refractivity contribution in [3.8, 4) is 0 Å². The number of carbonyl (C=O) groups excluding carboxylic acids is 3. The zero-order valence-corrected chi connectivity index (χ0v) is 15.1. The zero-order chi connectivity index (χ0) is 17.5. The summed E-state index contributed by atoms with van der Waals surface area (Å²) < 4.78 is 0. The van der Waals surface area contributed by atoms with Crippen molar-refractivity contribution >= 4 is 18.2 Å². The van der Waals surface area contributed by atoms with Crippen molar-refractivity contribution in [1.29, 1.82) is 0 Å². The maximum absolute atomic E-state index is 12.6. The standard InChI is InChI=1S/C18H31N3O3/c1-3-4-9-19(2)17(23)15-5-7-16(8-6-15)18(24)21-12-10-20(14-22)11-13-21/h14-16H,3-13H2,1-2H3. The van der Waals surface area contributed by atoms with Gasteiger partial charge in [0.15, 0.2) is 0 Å². The summed E-state index contributed by atoms with van der Waals surface area (Å²) in [6.07, 6.45) is 6.25. The minimum absolute atomic E-state index is 0.0535. The van der Waals surface area contributed by atoms with Crippen molar-refractivity contribution < 1.29 is 14.4 Å². The van der Waals surface area contributed by atoms with Gasteiger partial charge in [0.1, 0.15) is 0 Å². The van der Waals surface area contributed by atoms with Gasteiger partial charge in [-0.25, -0.2) is 0 Å². The maximum atomic E-state index is 12.6. The van der Waals surface area contributed by atoms with Crippen LogP contribution in [0, 0.1) is 11.8 Å². The molecule has 1 saturated heterocycles. The molecule has 1 aliphatic heterocycles. The van der Waals surface area contributed by atoms with Gasteiger partial charge in [-0.1, -0.05) is 13.3 Å². The third-order valence-electron chi connectivity index (χ3n) is 5.42. The van der Waals surface area contributed by atoms with Crippen LogP contribution in [0.3, 0.4) is 0 Å². The van der Waals surface area contributed by atoms with Crippen LogP contribution in [0.1, 0.15) is 45.4 Å². The van der Waals surface area contributed by atoms with Gasteiger partial charge >= 0.3 is 0 Å². The summed E-state index contributed by atoms with van der Waals surface area (Å²) in [6.45, 7) is 5.49. The number of hydrogen-bond donors (Lipinski definition) is 0. The first-order valence-electron chi connectivity index (χ1n) is 9.30. The normalized spacial score (nSPS) is 24.6. The Morgan fingerprint density at radius 3 is 2.17 bits per heavy atom. The van der Waals surface area contributed by atoms with E-state index < -0.39 is 0 Å². The Hall–Kier alpha value is -1.59.